The Labute approximate surface area is 240 Å². The van der Waals surface area contributed by atoms with Crippen molar-refractivity contribution in [1.82, 2.24) is 5.32 Å². The fraction of sp³-hybridized carbons (Fsp3) is 0.500. The first-order valence-corrected chi connectivity index (χ1v) is 16.6. The zero-order valence-corrected chi connectivity index (χ0v) is 25.0. The first-order chi connectivity index (χ1) is 18.9. The minimum absolute atomic E-state index is 0.00532. The van der Waals surface area contributed by atoms with E-state index >= 15 is 0 Å². The van der Waals surface area contributed by atoms with Crippen LogP contribution in [-0.2, 0) is 31.7 Å². The highest BCUT2D eigenvalue weighted by atomic mass is 32.3. The Morgan fingerprint density at radius 2 is 1.95 bits per heavy atom. The molecule has 2 bridgehead atoms. The summed E-state index contributed by atoms with van der Waals surface area (Å²) < 4.78 is 39.3. The third kappa shape index (κ3) is 5.69. The molecule has 3 aliphatic rings. The predicted octanol–water partition coefficient (Wildman–Crippen LogP) is 3.83. The van der Waals surface area contributed by atoms with Crippen molar-refractivity contribution in [1.29, 1.82) is 0 Å². The highest BCUT2D eigenvalue weighted by Crippen LogP contribution is 2.63. The Kier molecular flexibility index (Phi) is 7.21. The molecule has 2 aromatic carbocycles. The predicted molar refractivity (Wildman–Crippen MR) is 159 cm³/mol. The van der Waals surface area contributed by atoms with Crippen molar-refractivity contribution in [3.05, 3.63) is 59.9 Å². The van der Waals surface area contributed by atoms with Crippen molar-refractivity contribution in [3.63, 3.8) is 0 Å². The molecule has 11 heteroatoms. The van der Waals surface area contributed by atoms with Gasteiger partial charge in [-0.05, 0) is 72.8 Å². The molecule has 0 unspecified atom stereocenters. The molecule has 0 spiro atoms. The quantitative estimate of drug-likeness (QED) is 0.170. The summed E-state index contributed by atoms with van der Waals surface area (Å²) in [5.74, 6) is -0.907. The summed E-state index contributed by atoms with van der Waals surface area (Å²) in [5, 5.41) is 26.5. The van der Waals surface area contributed by atoms with Crippen molar-refractivity contribution in [2.24, 2.45) is 17.3 Å². The van der Waals surface area contributed by atoms with Gasteiger partial charge in [-0.3, -0.25) is 4.79 Å². The second kappa shape index (κ2) is 9.93. The minimum Gasteiger partial charge on any atom is -0.464 e. The maximum absolute atomic E-state index is 14.9. The number of furan rings is 1. The number of aliphatic hydroxyl groups is 1. The standard InChI is InChI=1S/C30H40BFN2O6S/c1-29(2)20-15-25(29)30(3,36)26(16-20)40-31(37)27(14-19-17-39-23-9-7-6-8-21(19)23)34-28(35)13-18-10-11-22(33)24(12-18)41(4,5,32)38/h6-12,17,20,25-27,36-37H,13-16,33H2,1-5H3,(H,34,35)/t20-,25-,26+,27-,30-/m0/s1. The third-order valence-corrected chi connectivity index (χ3v) is 11.0. The van der Waals surface area contributed by atoms with E-state index in [1.165, 1.54) is 12.1 Å². The first kappa shape index (κ1) is 29.8. The molecule has 0 saturated heterocycles. The normalized spacial score (nSPS) is 26.9. The molecule has 0 aliphatic heterocycles. The van der Waals surface area contributed by atoms with Crippen LogP contribution in [0.25, 0.3) is 11.0 Å². The molecule has 3 aromatic rings. The van der Waals surface area contributed by atoms with E-state index < -0.39 is 40.1 Å². The van der Waals surface area contributed by atoms with Crippen LogP contribution < -0.4 is 11.1 Å². The molecule has 8 nitrogen and oxygen atoms in total. The molecule has 3 aliphatic carbocycles. The van der Waals surface area contributed by atoms with Crippen LogP contribution in [0.4, 0.5) is 9.57 Å². The molecular formula is C30H40BFN2O6S. The summed E-state index contributed by atoms with van der Waals surface area (Å²) in [6.07, 6.45) is 4.56. The Balaban J connectivity index is 1.37. The van der Waals surface area contributed by atoms with Gasteiger partial charge in [0, 0.05) is 23.6 Å². The second-order valence-corrected chi connectivity index (χ2v) is 17.0. The molecule has 1 aromatic heterocycles. The fourth-order valence-corrected chi connectivity index (χ4v) is 8.07. The number of para-hydroxylation sites is 1. The molecule has 5 N–H and O–H groups in total. The molecule has 0 radical (unpaired) electrons. The molecule has 1 heterocycles. The summed E-state index contributed by atoms with van der Waals surface area (Å²) >= 11 is 0. The Hall–Kier alpha value is -2.73. The molecule has 3 saturated carbocycles. The highest BCUT2D eigenvalue weighted by Gasteiger charge is 2.63. The number of amides is 1. The Morgan fingerprint density at radius 3 is 2.61 bits per heavy atom. The van der Waals surface area contributed by atoms with Gasteiger partial charge in [-0.1, -0.05) is 38.1 Å². The number of nitrogen functional groups attached to an aromatic ring is 1. The maximum Gasteiger partial charge on any atom is 0.478 e. The van der Waals surface area contributed by atoms with Crippen molar-refractivity contribution < 1.29 is 32.1 Å². The first-order valence-electron chi connectivity index (χ1n) is 14.0. The molecule has 3 fully saturated rings. The van der Waals surface area contributed by atoms with Crippen LogP contribution in [0.5, 0.6) is 0 Å². The number of halogens is 1. The maximum atomic E-state index is 14.9. The summed E-state index contributed by atoms with van der Waals surface area (Å²) in [6.45, 7) is 6.08. The lowest BCUT2D eigenvalue weighted by Crippen LogP contribution is -2.68. The van der Waals surface area contributed by atoms with Crippen LogP contribution in [0.15, 0.2) is 58.0 Å². The lowest BCUT2D eigenvalue weighted by molar-refractivity contribution is -0.241. The van der Waals surface area contributed by atoms with E-state index in [0.717, 1.165) is 29.9 Å². The lowest BCUT2D eigenvalue weighted by atomic mass is 9.43. The zero-order chi connectivity index (χ0) is 30.0. The van der Waals surface area contributed by atoms with Crippen molar-refractivity contribution in [3.8, 4) is 0 Å². The minimum atomic E-state index is -4.64. The van der Waals surface area contributed by atoms with Crippen LogP contribution in [0, 0.1) is 17.3 Å². The average Bonchev–Trinajstić information content (AvgIpc) is 3.27. The van der Waals surface area contributed by atoms with Gasteiger partial charge in [0.25, 0.3) is 0 Å². The van der Waals surface area contributed by atoms with Gasteiger partial charge in [-0.15, -0.1) is 0 Å². The number of fused-ring (bicyclic) bond motifs is 3. The largest absolute Gasteiger partial charge is 0.478 e. The number of benzene rings is 2. The summed E-state index contributed by atoms with van der Waals surface area (Å²) in [7, 11) is -6.07. The molecule has 6 rings (SSSR count). The molecular weight excluding hydrogens is 546 g/mol. The van der Waals surface area contributed by atoms with Gasteiger partial charge in [0.2, 0.25) is 5.91 Å². The molecule has 5 atom stereocenters. The molecule has 1 amide bonds. The summed E-state index contributed by atoms with van der Waals surface area (Å²) in [4.78, 5) is 13.1. The zero-order valence-electron chi connectivity index (χ0n) is 24.2. The van der Waals surface area contributed by atoms with Gasteiger partial charge in [-0.2, -0.15) is 3.89 Å². The number of nitrogens with two attached hydrogens (primary N) is 1. The average molecular weight is 587 g/mol. The van der Waals surface area contributed by atoms with E-state index in [1.807, 2.05) is 24.3 Å². The van der Waals surface area contributed by atoms with E-state index in [1.54, 1.807) is 19.3 Å². The number of carbonyl (C=O) groups excluding carboxylic acids is 1. The van der Waals surface area contributed by atoms with E-state index in [0.29, 0.717) is 23.5 Å². The lowest BCUT2D eigenvalue weighted by Gasteiger charge is -2.65. The number of carbonyl (C=O) groups is 1. The van der Waals surface area contributed by atoms with Crippen LogP contribution >= 0.6 is 0 Å². The third-order valence-electron chi connectivity index (χ3n) is 9.38. The van der Waals surface area contributed by atoms with E-state index in [9.17, 15) is 23.0 Å². The van der Waals surface area contributed by atoms with Gasteiger partial charge in [0.1, 0.15) is 5.58 Å². The summed E-state index contributed by atoms with van der Waals surface area (Å²) in [5.41, 5.74) is 6.67. The van der Waals surface area contributed by atoms with Crippen molar-refractivity contribution in [2.45, 2.75) is 69.0 Å². The van der Waals surface area contributed by atoms with E-state index in [4.69, 9.17) is 14.8 Å². The number of anilines is 1. The van der Waals surface area contributed by atoms with E-state index in [2.05, 4.69) is 19.2 Å². The van der Waals surface area contributed by atoms with Crippen LogP contribution in [-0.4, -0.2) is 57.5 Å². The fourth-order valence-electron chi connectivity index (χ4n) is 6.86. The van der Waals surface area contributed by atoms with Crippen molar-refractivity contribution >= 4 is 39.1 Å². The van der Waals surface area contributed by atoms with Gasteiger partial charge >= 0.3 is 7.12 Å². The number of hydrogen-bond acceptors (Lipinski definition) is 7. The van der Waals surface area contributed by atoms with Gasteiger partial charge in [-0.25, -0.2) is 4.21 Å². The van der Waals surface area contributed by atoms with Gasteiger partial charge < -0.3 is 30.3 Å². The Bertz CT molecular complexity index is 1540. The number of nitrogens with one attached hydrogen (secondary N) is 1. The monoisotopic (exact) mass is 586 g/mol. The number of hydrogen-bond donors (Lipinski definition) is 4. The SMILES string of the molecule is CC1(C)[C@@H]2C[C@@H](OB(O)[C@H](Cc3coc4ccccc34)NC(=O)Cc3ccc(N)c(S(C)(C)(=O)F)c3)[C@@](C)(O)[C@H]1C2. The van der Waals surface area contributed by atoms with Crippen LogP contribution in [0.1, 0.15) is 44.7 Å². The van der Waals surface area contributed by atoms with E-state index in [-0.39, 0.29) is 34.8 Å². The van der Waals surface area contributed by atoms with Crippen LogP contribution in [0.3, 0.4) is 0 Å². The topological polar surface area (TPSA) is 135 Å². The Morgan fingerprint density at radius 1 is 1.24 bits per heavy atom. The second-order valence-electron chi connectivity index (χ2n) is 13.1. The molecule has 41 heavy (non-hydrogen) atoms. The molecule has 222 valence electrons. The van der Waals surface area contributed by atoms with Gasteiger partial charge in [0.05, 0.1) is 44.7 Å². The smallest absolute Gasteiger partial charge is 0.464 e. The van der Waals surface area contributed by atoms with Crippen molar-refractivity contribution in [2.75, 3.05) is 18.2 Å². The number of rotatable bonds is 9. The van der Waals surface area contributed by atoms with Crippen LogP contribution in [0.2, 0.25) is 0 Å². The summed E-state index contributed by atoms with van der Waals surface area (Å²) in [6, 6.07) is 11.8. The van der Waals surface area contributed by atoms with Gasteiger partial charge in [0.15, 0.2) is 0 Å². The highest BCUT2D eigenvalue weighted by molar-refractivity contribution is 8.14.